The molecule has 17 heavy (non-hydrogen) atoms. The molecule has 0 aromatic carbocycles. The van der Waals surface area contributed by atoms with Crippen LogP contribution in [0.25, 0.3) is 0 Å². The molecule has 2 aliphatic rings. The van der Waals surface area contributed by atoms with E-state index in [1.165, 1.54) is 38.5 Å². The summed E-state index contributed by atoms with van der Waals surface area (Å²) in [6.45, 7) is 2.18. The molecule has 1 aliphatic heterocycles. The fraction of sp³-hybridized carbons (Fsp3) is 0.867. The molecule has 2 atom stereocenters. The molecule has 1 heterocycles. The van der Waals surface area contributed by atoms with Crippen LogP contribution < -0.4 is 0 Å². The van der Waals surface area contributed by atoms with Crippen molar-refractivity contribution in [2.75, 3.05) is 7.11 Å². The zero-order valence-corrected chi connectivity index (χ0v) is 11.3. The first-order valence-electron chi connectivity index (χ1n) is 7.18. The molecule has 2 rings (SSSR count). The number of allylic oxidation sites excluding steroid dienone is 2. The Morgan fingerprint density at radius 2 is 2.12 bits per heavy atom. The minimum absolute atomic E-state index is 0.0264. The second kappa shape index (κ2) is 6.44. The zero-order valence-electron chi connectivity index (χ0n) is 11.3. The molecule has 1 aliphatic carbocycles. The van der Waals surface area contributed by atoms with E-state index >= 15 is 0 Å². The van der Waals surface area contributed by atoms with Crippen LogP contribution in [0.4, 0.5) is 0 Å². The maximum atomic E-state index is 5.83. The van der Waals surface area contributed by atoms with Crippen LogP contribution in [0, 0.1) is 11.8 Å². The highest BCUT2D eigenvalue weighted by Gasteiger charge is 2.23. The third-order valence-corrected chi connectivity index (χ3v) is 3.91. The quantitative estimate of drug-likeness (QED) is 0.617. The number of methoxy groups -OCH3 is 1. The summed E-state index contributed by atoms with van der Waals surface area (Å²) in [6, 6.07) is 0. The van der Waals surface area contributed by atoms with Gasteiger partial charge in [0.2, 0.25) is 6.29 Å². The number of unbranched alkanes of at least 4 members (excludes halogenated alkanes) is 2. The van der Waals surface area contributed by atoms with E-state index in [0.29, 0.717) is 5.92 Å². The van der Waals surface area contributed by atoms with E-state index in [0.717, 1.165) is 24.5 Å². The minimum Gasteiger partial charge on any atom is -0.469 e. The number of hydrogen-bond acceptors (Lipinski definition) is 2. The van der Waals surface area contributed by atoms with Crippen molar-refractivity contribution in [3.63, 3.8) is 0 Å². The van der Waals surface area contributed by atoms with Gasteiger partial charge < -0.3 is 9.47 Å². The Morgan fingerprint density at radius 1 is 1.29 bits per heavy atom. The summed E-state index contributed by atoms with van der Waals surface area (Å²) in [5.74, 6) is 2.72. The van der Waals surface area contributed by atoms with Crippen molar-refractivity contribution in [1.29, 1.82) is 0 Å². The Balaban J connectivity index is 1.58. The largest absolute Gasteiger partial charge is 0.469 e. The summed E-state index contributed by atoms with van der Waals surface area (Å²) in [7, 11) is 1.74. The van der Waals surface area contributed by atoms with Gasteiger partial charge in [0.15, 0.2) is 0 Å². The maximum absolute atomic E-state index is 5.83. The smallest absolute Gasteiger partial charge is 0.201 e. The predicted molar refractivity (Wildman–Crippen MR) is 69.6 cm³/mol. The van der Waals surface area contributed by atoms with Gasteiger partial charge in [-0.15, -0.1) is 0 Å². The molecular formula is C15H26O2. The Hall–Kier alpha value is -0.500. The molecule has 0 bridgehead atoms. The lowest BCUT2D eigenvalue weighted by Crippen LogP contribution is -2.26. The van der Waals surface area contributed by atoms with Gasteiger partial charge in [-0.05, 0) is 24.8 Å². The lowest BCUT2D eigenvalue weighted by Gasteiger charge is -2.28. The molecule has 0 aromatic rings. The van der Waals surface area contributed by atoms with E-state index in [9.17, 15) is 0 Å². The molecule has 2 nitrogen and oxygen atoms in total. The van der Waals surface area contributed by atoms with Crippen LogP contribution in [0.15, 0.2) is 11.8 Å². The molecule has 0 saturated heterocycles. The monoisotopic (exact) mass is 238 g/mol. The fourth-order valence-corrected chi connectivity index (χ4v) is 2.50. The molecule has 1 fully saturated rings. The Labute approximate surface area is 105 Å². The SMILES string of the molecule is CO[C@H]1OC(CCCCCC2CC2)=CC[C@H]1C. The lowest BCUT2D eigenvalue weighted by atomic mass is 10.0. The summed E-state index contributed by atoms with van der Waals surface area (Å²) < 4.78 is 11.2. The number of hydrogen-bond donors (Lipinski definition) is 0. The lowest BCUT2D eigenvalue weighted by molar-refractivity contribution is -0.135. The van der Waals surface area contributed by atoms with Crippen LogP contribution in [0.3, 0.4) is 0 Å². The van der Waals surface area contributed by atoms with Crippen LogP contribution in [0.2, 0.25) is 0 Å². The van der Waals surface area contributed by atoms with Crippen molar-refractivity contribution in [2.24, 2.45) is 11.8 Å². The van der Waals surface area contributed by atoms with E-state index in [2.05, 4.69) is 13.0 Å². The topological polar surface area (TPSA) is 18.5 Å². The van der Waals surface area contributed by atoms with Gasteiger partial charge in [-0.25, -0.2) is 0 Å². The summed E-state index contributed by atoms with van der Waals surface area (Å²) in [5.41, 5.74) is 0. The van der Waals surface area contributed by atoms with E-state index in [1.54, 1.807) is 7.11 Å². The molecular weight excluding hydrogens is 212 g/mol. The molecule has 0 unspecified atom stereocenters. The average molecular weight is 238 g/mol. The van der Waals surface area contributed by atoms with Crippen molar-refractivity contribution in [3.05, 3.63) is 11.8 Å². The Kier molecular flexibility index (Phi) is 4.90. The highest BCUT2D eigenvalue weighted by atomic mass is 16.7. The van der Waals surface area contributed by atoms with Crippen molar-refractivity contribution in [1.82, 2.24) is 0 Å². The highest BCUT2D eigenvalue weighted by molar-refractivity contribution is 4.98. The van der Waals surface area contributed by atoms with Gasteiger partial charge in [0.1, 0.15) is 0 Å². The second-order valence-electron chi connectivity index (χ2n) is 5.65. The summed E-state index contributed by atoms with van der Waals surface area (Å²) >= 11 is 0. The first kappa shape index (κ1) is 12.9. The number of rotatable bonds is 7. The number of ether oxygens (including phenoxy) is 2. The second-order valence-corrected chi connectivity index (χ2v) is 5.65. The summed E-state index contributed by atoms with van der Waals surface area (Å²) in [4.78, 5) is 0. The first-order chi connectivity index (χ1) is 8.29. The van der Waals surface area contributed by atoms with Crippen molar-refractivity contribution >= 4 is 0 Å². The van der Waals surface area contributed by atoms with Crippen molar-refractivity contribution in [2.45, 2.75) is 64.6 Å². The third-order valence-electron chi connectivity index (χ3n) is 3.91. The minimum atomic E-state index is -0.0264. The standard InChI is InChI=1S/C15H26O2/c1-12-8-11-14(17-15(12)16-2)7-5-3-4-6-13-9-10-13/h11-13,15H,3-10H2,1-2H3/t12-,15+/m1/s1. The van der Waals surface area contributed by atoms with E-state index in [1.807, 2.05) is 0 Å². The van der Waals surface area contributed by atoms with Gasteiger partial charge in [0, 0.05) is 19.4 Å². The van der Waals surface area contributed by atoms with E-state index < -0.39 is 0 Å². The van der Waals surface area contributed by atoms with Gasteiger partial charge in [-0.1, -0.05) is 39.0 Å². The molecule has 2 heteroatoms. The van der Waals surface area contributed by atoms with Crippen LogP contribution >= 0.6 is 0 Å². The average Bonchev–Trinajstić information content (AvgIpc) is 3.15. The predicted octanol–water partition coefficient (Wildman–Crippen LogP) is 4.26. The van der Waals surface area contributed by atoms with Gasteiger partial charge in [-0.3, -0.25) is 0 Å². The normalized spacial score (nSPS) is 28.7. The van der Waals surface area contributed by atoms with Crippen molar-refractivity contribution in [3.8, 4) is 0 Å². The maximum Gasteiger partial charge on any atom is 0.201 e. The summed E-state index contributed by atoms with van der Waals surface area (Å²) in [5, 5.41) is 0. The Morgan fingerprint density at radius 3 is 2.82 bits per heavy atom. The van der Waals surface area contributed by atoms with Gasteiger partial charge in [0.25, 0.3) is 0 Å². The van der Waals surface area contributed by atoms with Crippen LogP contribution in [-0.4, -0.2) is 13.4 Å². The zero-order chi connectivity index (χ0) is 12.1. The molecule has 0 amide bonds. The van der Waals surface area contributed by atoms with Gasteiger partial charge >= 0.3 is 0 Å². The molecule has 0 spiro atoms. The third kappa shape index (κ3) is 4.34. The van der Waals surface area contributed by atoms with Gasteiger partial charge in [-0.2, -0.15) is 0 Å². The first-order valence-corrected chi connectivity index (χ1v) is 7.18. The molecule has 98 valence electrons. The molecule has 0 aromatic heterocycles. The molecule has 0 radical (unpaired) electrons. The molecule has 0 N–H and O–H groups in total. The van der Waals surface area contributed by atoms with Crippen LogP contribution in [-0.2, 0) is 9.47 Å². The van der Waals surface area contributed by atoms with Crippen molar-refractivity contribution < 1.29 is 9.47 Å². The van der Waals surface area contributed by atoms with E-state index in [4.69, 9.17) is 9.47 Å². The fourth-order valence-electron chi connectivity index (χ4n) is 2.50. The van der Waals surface area contributed by atoms with Gasteiger partial charge in [0.05, 0.1) is 5.76 Å². The highest BCUT2D eigenvalue weighted by Crippen LogP contribution is 2.34. The van der Waals surface area contributed by atoms with Crippen LogP contribution in [0.1, 0.15) is 58.3 Å². The Bertz CT molecular complexity index is 256. The summed E-state index contributed by atoms with van der Waals surface area (Å²) in [6.07, 6.45) is 12.9. The molecule has 1 saturated carbocycles. The van der Waals surface area contributed by atoms with Crippen LogP contribution in [0.5, 0.6) is 0 Å². The van der Waals surface area contributed by atoms with E-state index in [-0.39, 0.29) is 6.29 Å².